The number of anilines is 1. The summed E-state index contributed by atoms with van der Waals surface area (Å²) in [6.07, 6.45) is 6.45. The molecule has 0 saturated heterocycles. The van der Waals surface area contributed by atoms with Crippen LogP contribution in [0.5, 0.6) is 0 Å². The first kappa shape index (κ1) is 13.4. The van der Waals surface area contributed by atoms with E-state index in [4.69, 9.17) is 5.11 Å². The summed E-state index contributed by atoms with van der Waals surface area (Å²) in [5, 5.41) is 17.3. The maximum Gasteiger partial charge on any atom is 0.252 e. The van der Waals surface area contributed by atoms with E-state index < -0.39 is 0 Å². The lowest BCUT2D eigenvalue weighted by Crippen LogP contribution is -2.15. The van der Waals surface area contributed by atoms with Crippen LogP contribution in [0.3, 0.4) is 0 Å². The molecule has 0 amide bonds. The summed E-state index contributed by atoms with van der Waals surface area (Å²) in [4.78, 5) is 16.8. The lowest BCUT2D eigenvalue weighted by molar-refractivity contribution is 0.244. The van der Waals surface area contributed by atoms with E-state index in [0.29, 0.717) is 24.0 Å². The Balaban J connectivity index is 1.97. The number of hydrogen-bond donors (Lipinski definition) is 2. The van der Waals surface area contributed by atoms with Crippen LogP contribution in [0, 0.1) is 5.92 Å². The van der Waals surface area contributed by atoms with Gasteiger partial charge in [0.15, 0.2) is 5.65 Å². The van der Waals surface area contributed by atoms with Gasteiger partial charge >= 0.3 is 0 Å². The highest BCUT2D eigenvalue weighted by molar-refractivity contribution is 5.86. The van der Waals surface area contributed by atoms with Crippen LogP contribution in [0.2, 0.25) is 0 Å². The Morgan fingerprint density at radius 1 is 1.24 bits per heavy atom. The molecule has 1 atom stereocenters. The summed E-state index contributed by atoms with van der Waals surface area (Å²) in [5.74, 6) is 1.28. The molecule has 3 aromatic rings. The van der Waals surface area contributed by atoms with Crippen LogP contribution in [0.1, 0.15) is 6.92 Å². The maximum atomic E-state index is 9.07. The highest BCUT2D eigenvalue weighted by atomic mass is 16.3. The Morgan fingerprint density at radius 2 is 2.05 bits per heavy atom. The van der Waals surface area contributed by atoms with E-state index in [0.717, 1.165) is 5.39 Å². The molecule has 8 heteroatoms. The van der Waals surface area contributed by atoms with Crippen LogP contribution in [-0.4, -0.2) is 48.0 Å². The summed E-state index contributed by atoms with van der Waals surface area (Å²) in [6.45, 7) is 2.70. The minimum Gasteiger partial charge on any atom is -0.396 e. The van der Waals surface area contributed by atoms with Crippen molar-refractivity contribution in [2.75, 3.05) is 18.5 Å². The van der Waals surface area contributed by atoms with Crippen molar-refractivity contribution in [2.24, 2.45) is 5.92 Å². The molecule has 0 aliphatic heterocycles. The van der Waals surface area contributed by atoms with Gasteiger partial charge in [-0.2, -0.15) is 9.78 Å². The van der Waals surface area contributed by atoms with Crippen LogP contribution in [0.15, 0.2) is 31.0 Å². The molecule has 3 heterocycles. The van der Waals surface area contributed by atoms with Crippen molar-refractivity contribution in [1.29, 1.82) is 0 Å². The summed E-state index contributed by atoms with van der Waals surface area (Å²) in [7, 11) is 0. The number of nitrogens with one attached hydrogen (secondary N) is 1. The molecule has 0 aliphatic carbocycles. The summed E-state index contributed by atoms with van der Waals surface area (Å²) in [6, 6.07) is 1.74. The second-order valence-corrected chi connectivity index (χ2v) is 4.73. The molecule has 108 valence electrons. The molecule has 0 bridgehead atoms. The van der Waals surface area contributed by atoms with E-state index in [9.17, 15) is 0 Å². The van der Waals surface area contributed by atoms with Crippen LogP contribution < -0.4 is 5.32 Å². The Hall–Kier alpha value is -2.61. The van der Waals surface area contributed by atoms with Gasteiger partial charge in [-0.1, -0.05) is 6.92 Å². The lowest BCUT2D eigenvalue weighted by atomic mass is 10.2. The van der Waals surface area contributed by atoms with Gasteiger partial charge in [0.1, 0.15) is 12.1 Å². The van der Waals surface area contributed by atoms with Gasteiger partial charge in [-0.15, -0.1) is 0 Å². The first-order valence-corrected chi connectivity index (χ1v) is 6.60. The van der Waals surface area contributed by atoms with E-state index in [1.165, 1.54) is 6.33 Å². The molecule has 2 N–H and O–H groups in total. The van der Waals surface area contributed by atoms with Crippen molar-refractivity contribution in [1.82, 2.24) is 29.7 Å². The van der Waals surface area contributed by atoms with Gasteiger partial charge in [-0.05, 0) is 12.0 Å². The molecule has 21 heavy (non-hydrogen) atoms. The van der Waals surface area contributed by atoms with Crippen molar-refractivity contribution in [2.45, 2.75) is 6.92 Å². The second-order valence-electron chi connectivity index (χ2n) is 4.73. The number of rotatable bonds is 5. The van der Waals surface area contributed by atoms with Crippen molar-refractivity contribution in [3.8, 4) is 5.95 Å². The van der Waals surface area contributed by atoms with E-state index in [-0.39, 0.29) is 12.5 Å². The SMILES string of the molecule is CC(CO)CNc1ncnc2c1cnn2-c1ncccn1. The Morgan fingerprint density at radius 3 is 2.81 bits per heavy atom. The third-order valence-corrected chi connectivity index (χ3v) is 3.04. The van der Waals surface area contributed by atoms with Gasteiger partial charge < -0.3 is 10.4 Å². The number of aromatic nitrogens is 6. The number of fused-ring (bicyclic) bond motifs is 1. The standard InChI is InChI=1S/C13H15N7O/c1-9(7-21)5-16-11-10-6-19-20(12(10)18-8-17-11)13-14-3-2-4-15-13/h2-4,6,8-9,21H,5,7H2,1H3,(H,16,17,18). The Labute approximate surface area is 120 Å². The third-order valence-electron chi connectivity index (χ3n) is 3.04. The molecule has 0 saturated carbocycles. The molecule has 0 radical (unpaired) electrons. The second kappa shape index (κ2) is 5.80. The normalized spacial score (nSPS) is 12.5. The van der Waals surface area contributed by atoms with Crippen LogP contribution >= 0.6 is 0 Å². The predicted molar refractivity (Wildman–Crippen MR) is 77.0 cm³/mol. The fourth-order valence-electron chi connectivity index (χ4n) is 1.87. The van der Waals surface area contributed by atoms with Gasteiger partial charge in [-0.3, -0.25) is 0 Å². The highest BCUT2D eigenvalue weighted by Gasteiger charge is 2.12. The molecule has 3 aromatic heterocycles. The maximum absolute atomic E-state index is 9.07. The molecule has 0 aromatic carbocycles. The smallest absolute Gasteiger partial charge is 0.252 e. The molecular weight excluding hydrogens is 270 g/mol. The zero-order valence-corrected chi connectivity index (χ0v) is 11.5. The minimum absolute atomic E-state index is 0.123. The zero-order chi connectivity index (χ0) is 14.7. The molecule has 8 nitrogen and oxygen atoms in total. The third kappa shape index (κ3) is 2.65. The Bertz CT molecular complexity index is 728. The lowest BCUT2D eigenvalue weighted by Gasteiger charge is -2.10. The topological polar surface area (TPSA) is 102 Å². The predicted octanol–water partition coefficient (Wildman–Crippen LogP) is 0.646. The first-order chi connectivity index (χ1) is 10.3. The number of aliphatic hydroxyl groups excluding tert-OH is 1. The van der Waals surface area contributed by atoms with E-state index >= 15 is 0 Å². The molecule has 0 spiro atoms. The van der Waals surface area contributed by atoms with E-state index in [2.05, 4.69) is 30.4 Å². The average molecular weight is 285 g/mol. The molecular formula is C13H15N7O. The minimum atomic E-state index is 0.123. The number of aliphatic hydroxyl groups is 1. The van der Waals surface area contributed by atoms with Crippen molar-refractivity contribution in [3.05, 3.63) is 31.0 Å². The number of nitrogens with zero attached hydrogens (tertiary/aromatic N) is 6. The van der Waals surface area contributed by atoms with Gasteiger partial charge in [0.05, 0.1) is 11.6 Å². The van der Waals surface area contributed by atoms with Crippen molar-refractivity contribution < 1.29 is 5.11 Å². The molecule has 3 rings (SSSR count). The van der Waals surface area contributed by atoms with E-state index in [1.54, 1.807) is 29.3 Å². The summed E-state index contributed by atoms with van der Waals surface area (Å²) in [5.41, 5.74) is 0.635. The first-order valence-electron chi connectivity index (χ1n) is 6.60. The van der Waals surface area contributed by atoms with Crippen LogP contribution in [0.25, 0.3) is 17.0 Å². The van der Waals surface area contributed by atoms with Gasteiger partial charge in [0.25, 0.3) is 5.95 Å². The van der Waals surface area contributed by atoms with Gasteiger partial charge in [-0.25, -0.2) is 19.9 Å². The molecule has 1 unspecified atom stereocenters. The highest BCUT2D eigenvalue weighted by Crippen LogP contribution is 2.20. The Kier molecular flexibility index (Phi) is 3.69. The number of hydrogen-bond acceptors (Lipinski definition) is 7. The van der Waals surface area contributed by atoms with Gasteiger partial charge in [0, 0.05) is 25.5 Å². The van der Waals surface area contributed by atoms with Crippen LogP contribution in [0.4, 0.5) is 5.82 Å². The average Bonchev–Trinajstić information content (AvgIpc) is 2.98. The van der Waals surface area contributed by atoms with Gasteiger partial charge in [0.2, 0.25) is 0 Å². The fourth-order valence-corrected chi connectivity index (χ4v) is 1.87. The zero-order valence-electron chi connectivity index (χ0n) is 11.5. The fraction of sp³-hybridized carbons (Fsp3) is 0.308. The monoisotopic (exact) mass is 285 g/mol. The van der Waals surface area contributed by atoms with Crippen LogP contribution in [-0.2, 0) is 0 Å². The summed E-state index contributed by atoms with van der Waals surface area (Å²) >= 11 is 0. The van der Waals surface area contributed by atoms with E-state index in [1.807, 2.05) is 6.92 Å². The summed E-state index contributed by atoms with van der Waals surface area (Å²) < 4.78 is 1.57. The molecule has 0 fully saturated rings. The quantitative estimate of drug-likeness (QED) is 0.709. The van der Waals surface area contributed by atoms with Crippen molar-refractivity contribution >= 4 is 16.9 Å². The molecule has 0 aliphatic rings. The largest absolute Gasteiger partial charge is 0.396 e. The van der Waals surface area contributed by atoms with Crippen molar-refractivity contribution in [3.63, 3.8) is 0 Å².